The maximum absolute atomic E-state index is 12.9. The minimum atomic E-state index is -3.59. The van der Waals surface area contributed by atoms with Crippen LogP contribution in [0.3, 0.4) is 0 Å². The number of hydrogen-bond donors (Lipinski definition) is 1. The molecule has 1 fully saturated rings. The van der Waals surface area contributed by atoms with E-state index in [0.717, 1.165) is 24.2 Å². The number of thioether (sulfide) groups is 1. The van der Waals surface area contributed by atoms with Gasteiger partial charge in [0.1, 0.15) is 0 Å². The molecule has 2 aliphatic rings. The number of anilines is 1. The Balaban J connectivity index is 1.90. The molecule has 1 aromatic rings. The molecular weight excluding hydrogens is 356 g/mol. The molecule has 3 rings (SSSR count). The molecule has 3 atom stereocenters. The van der Waals surface area contributed by atoms with Crippen molar-refractivity contribution in [1.29, 1.82) is 0 Å². The highest BCUT2D eigenvalue weighted by Crippen LogP contribution is 2.39. The molecule has 0 unspecified atom stereocenters. The number of nitrogens with zero attached hydrogens (tertiary/aromatic N) is 1. The molecule has 1 aliphatic carbocycles. The van der Waals surface area contributed by atoms with E-state index in [1.165, 1.54) is 13.3 Å². The Morgan fingerprint density at radius 1 is 1.24 bits per heavy atom. The van der Waals surface area contributed by atoms with Crippen molar-refractivity contribution in [3.63, 3.8) is 0 Å². The van der Waals surface area contributed by atoms with Crippen LogP contribution in [0.15, 0.2) is 28.0 Å². The molecule has 1 saturated carbocycles. The molecule has 1 amide bonds. The number of benzene rings is 1. The van der Waals surface area contributed by atoms with Gasteiger partial charge in [-0.3, -0.25) is 4.79 Å². The highest BCUT2D eigenvalue weighted by molar-refractivity contribution is 8.00. The van der Waals surface area contributed by atoms with E-state index >= 15 is 0 Å². The highest BCUT2D eigenvalue weighted by atomic mass is 32.2. The molecule has 1 N–H and O–H groups in total. The molecule has 0 radical (unpaired) electrons. The summed E-state index contributed by atoms with van der Waals surface area (Å²) in [5.74, 6) is 0.295. The molecule has 1 aromatic carbocycles. The second kappa shape index (κ2) is 7.29. The first-order chi connectivity index (χ1) is 11.8. The number of carbonyl (C=O) groups is 1. The summed E-state index contributed by atoms with van der Waals surface area (Å²) in [6.07, 6.45) is 4.18. The molecule has 0 aromatic heterocycles. The lowest BCUT2D eigenvalue weighted by Crippen LogP contribution is -2.41. The van der Waals surface area contributed by atoms with Crippen LogP contribution in [0, 0.1) is 5.92 Å². The maximum atomic E-state index is 12.9. The van der Waals surface area contributed by atoms with Crippen molar-refractivity contribution < 1.29 is 13.2 Å². The molecule has 0 saturated heterocycles. The van der Waals surface area contributed by atoms with Crippen LogP contribution in [0.25, 0.3) is 0 Å². The van der Waals surface area contributed by atoms with Crippen molar-refractivity contribution >= 4 is 33.4 Å². The lowest BCUT2D eigenvalue weighted by Gasteiger charge is -2.32. The SMILES string of the molecule is CC(=O)N1C[C@H](C)Sc2ccc(S(=O)(=O)N[C@@H]3CCCC[C@@H]3C)cc21. The number of rotatable bonds is 3. The minimum Gasteiger partial charge on any atom is -0.310 e. The standard InChI is InChI=1S/C18H26N2O3S2/c1-12-6-4-5-7-16(12)19-25(22,23)15-8-9-18-17(10-15)20(14(3)21)11-13(2)24-18/h8-10,12-13,16,19H,4-7,11H2,1-3H3/t12-,13-,16+/m0/s1. The van der Waals surface area contributed by atoms with E-state index in [-0.39, 0.29) is 16.8 Å². The quantitative estimate of drug-likeness (QED) is 0.870. The summed E-state index contributed by atoms with van der Waals surface area (Å²) in [5, 5.41) is 0.292. The van der Waals surface area contributed by atoms with Gasteiger partial charge in [-0.15, -0.1) is 11.8 Å². The van der Waals surface area contributed by atoms with Gasteiger partial charge in [-0.05, 0) is 37.0 Å². The van der Waals surface area contributed by atoms with E-state index in [1.807, 2.05) is 6.07 Å². The number of amides is 1. The summed E-state index contributed by atoms with van der Waals surface area (Å²) >= 11 is 1.68. The Bertz CT molecular complexity index is 764. The van der Waals surface area contributed by atoms with E-state index in [9.17, 15) is 13.2 Å². The predicted octanol–water partition coefficient (Wildman–Crippen LogP) is 3.39. The largest absolute Gasteiger partial charge is 0.310 e. The third-order valence-corrected chi connectivity index (χ3v) is 7.74. The van der Waals surface area contributed by atoms with Crippen molar-refractivity contribution in [3.05, 3.63) is 18.2 Å². The number of sulfonamides is 1. The zero-order valence-electron chi connectivity index (χ0n) is 15.0. The third kappa shape index (κ3) is 4.04. The lowest BCUT2D eigenvalue weighted by atomic mass is 9.87. The van der Waals surface area contributed by atoms with Crippen LogP contribution in [0.5, 0.6) is 0 Å². The first-order valence-corrected chi connectivity index (χ1v) is 11.3. The molecular formula is C18H26N2O3S2. The van der Waals surface area contributed by atoms with Gasteiger partial charge >= 0.3 is 0 Å². The average Bonchev–Trinajstić information content (AvgIpc) is 2.55. The fourth-order valence-corrected chi connectivity index (χ4v) is 6.13. The minimum absolute atomic E-state index is 0.00640. The first-order valence-electron chi connectivity index (χ1n) is 8.89. The summed E-state index contributed by atoms with van der Waals surface area (Å²) < 4.78 is 28.6. The lowest BCUT2D eigenvalue weighted by molar-refractivity contribution is -0.116. The van der Waals surface area contributed by atoms with Gasteiger partial charge < -0.3 is 4.90 Å². The molecule has 0 bridgehead atoms. The summed E-state index contributed by atoms with van der Waals surface area (Å²) in [5.41, 5.74) is 0.704. The fraction of sp³-hybridized carbons (Fsp3) is 0.611. The van der Waals surface area contributed by atoms with Gasteiger partial charge in [0, 0.05) is 29.7 Å². The maximum Gasteiger partial charge on any atom is 0.240 e. The second-order valence-corrected chi connectivity index (χ2v) is 10.4. The van der Waals surface area contributed by atoms with E-state index in [1.54, 1.807) is 28.8 Å². The predicted molar refractivity (Wildman–Crippen MR) is 102 cm³/mol. The van der Waals surface area contributed by atoms with Crippen LogP contribution < -0.4 is 9.62 Å². The van der Waals surface area contributed by atoms with Gasteiger partial charge in [-0.25, -0.2) is 13.1 Å². The molecule has 7 heteroatoms. The van der Waals surface area contributed by atoms with Gasteiger partial charge in [-0.2, -0.15) is 0 Å². The van der Waals surface area contributed by atoms with E-state index in [0.29, 0.717) is 23.4 Å². The average molecular weight is 383 g/mol. The van der Waals surface area contributed by atoms with Crippen LogP contribution in [0.4, 0.5) is 5.69 Å². The normalized spacial score (nSPS) is 27.0. The highest BCUT2D eigenvalue weighted by Gasteiger charge is 2.30. The monoisotopic (exact) mass is 382 g/mol. The zero-order chi connectivity index (χ0) is 18.2. The molecule has 138 valence electrons. The Labute approximate surface area is 154 Å². The van der Waals surface area contributed by atoms with Gasteiger partial charge in [0.05, 0.1) is 10.6 Å². The first kappa shape index (κ1) is 18.7. The smallest absolute Gasteiger partial charge is 0.240 e. The van der Waals surface area contributed by atoms with Gasteiger partial charge in [0.2, 0.25) is 15.9 Å². The van der Waals surface area contributed by atoms with Crippen molar-refractivity contribution in [2.24, 2.45) is 5.92 Å². The van der Waals surface area contributed by atoms with Gasteiger partial charge in [0.25, 0.3) is 0 Å². The fourth-order valence-electron chi connectivity index (χ4n) is 3.64. The van der Waals surface area contributed by atoms with E-state index in [4.69, 9.17) is 0 Å². The second-order valence-electron chi connectivity index (χ2n) is 7.18. The van der Waals surface area contributed by atoms with Crippen molar-refractivity contribution in [2.45, 2.75) is 67.5 Å². The summed E-state index contributed by atoms with van der Waals surface area (Å²) in [7, 11) is -3.59. The third-order valence-electron chi connectivity index (χ3n) is 5.10. The summed E-state index contributed by atoms with van der Waals surface area (Å²) in [4.78, 5) is 14.9. The number of carbonyl (C=O) groups excluding carboxylic acids is 1. The molecule has 5 nitrogen and oxygen atoms in total. The Morgan fingerprint density at radius 2 is 1.96 bits per heavy atom. The van der Waals surface area contributed by atoms with Crippen LogP contribution in [-0.4, -0.2) is 32.2 Å². The van der Waals surface area contributed by atoms with Crippen LogP contribution in [0.1, 0.15) is 46.5 Å². The Morgan fingerprint density at radius 3 is 2.64 bits per heavy atom. The molecule has 0 spiro atoms. The topological polar surface area (TPSA) is 66.5 Å². The van der Waals surface area contributed by atoms with Crippen LogP contribution in [-0.2, 0) is 14.8 Å². The van der Waals surface area contributed by atoms with Gasteiger partial charge in [-0.1, -0.05) is 26.7 Å². The van der Waals surface area contributed by atoms with Crippen LogP contribution in [0.2, 0.25) is 0 Å². The van der Waals surface area contributed by atoms with Gasteiger partial charge in [0.15, 0.2) is 0 Å². The number of fused-ring (bicyclic) bond motifs is 1. The van der Waals surface area contributed by atoms with Crippen molar-refractivity contribution in [2.75, 3.05) is 11.4 Å². The van der Waals surface area contributed by atoms with Crippen LogP contribution >= 0.6 is 11.8 Å². The summed E-state index contributed by atoms with van der Waals surface area (Å²) in [6, 6.07) is 5.11. The number of nitrogens with one attached hydrogen (secondary N) is 1. The zero-order valence-corrected chi connectivity index (χ0v) is 16.6. The molecule has 25 heavy (non-hydrogen) atoms. The van der Waals surface area contributed by atoms with E-state index in [2.05, 4.69) is 18.6 Å². The van der Waals surface area contributed by atoms with E-state index < -0.39 is 10.0 Å². The molecule has 1 heterocycles. The van der Waals surface area contributed by atoms with Crippen molar-refractivity contribution in [3.8, 4) is 0 Å². The van der Waals surface area contributed by atoms with Crippen molar-refractivity contribution in [1.82, 2.24) is 4.72 Å². The molecule has 1 aliphatic heterocycles. The number of hydrogen-bond acceptors (Lipinski definition) is 4. The summed E-state index contributed by atoms with van der Waals surface area (Å²) in [6.45, 7) is 6.30. The Kier molecular flexibility index (Phi) is 5.46. The Hall–Kier alpha value is -1.05.